The number of nitrogens with one attached hydrogen (secondary N) is 1. The maximum atomic E-state index is 12.4. The van der Waals surface area contributed by atoms with Gasteiger partial charge >= 0.3 is 5.97 Å². The molecule has 0 aliphatic carbocycles. The predicted octanol–water partition coefficient (Wildman–Crippen LogP) is 2.24. The zero-order valence-electron chi connectivity index (χ0n) is 18.4. The summed E-state index contributed by atoms with van der Waals surface area (Å²) < 4.78 is 20.4. The lowest BCUT2D eigenvalue weighted by atomic mass is 10.1. The van der Waals surface area contributed by atoms with E-state index in [4.69, 9.17) is 18.9 Å². The monoisotopic (exact) mass is 459 g/mol. The maximum absolute atomic E-state index is 12.4. The van der Waals surface area contributed by atoms with E-state index >= 15 is 0 Å². The highest BCUT2D eigenvalue weighted by Crippen LogP contribution is 2.34. The number of nitrogens with zero attached hydrogens (tertiary/aromatic N) is 2. The number of benzene rings is 2. The Hall–Kier alpha value is -3.70. The standard InChI is InChI=1S/C22H25N3O8/c1-30-19-11-17(18(25(28)29)12-20(19)31-2)22(27)33-14-21(26)23-16-5-3-15(4-6-16)13-24-7-9-32-10-8-24/h3-6,11-12H,7-10,13-14H2,1-2H3,(H,23,26). The van der Waals surface area contributed by atoms with Crippen LogP contribution in [0.4, 0.5) is 11.4 Å². The van der Waals surface area contributed by atoms with Crippen LogP contribution in [-0.2, 0) is 20.8 Å². The fourth-order valence-corrected chi connectivity index (χ4v) is 3.30. The number of esters is 1. The van der Waals surface area contributed by atoms with E-state index in [1.807, 2.05) is 12.1 Å². The number of amides is 1. The number of carbonyl (C=O) groups is 2. The van der Waals surface area contributed by atoms with Gasteiger partial charge in [-0.15, -0.1) is 0 Å². The molecule has 1 heterocycles. The van der Waals surface area contributed by atoms with Crippen LogP contribution >= 0.6 is 0 Å². The summed E-state index contributed by atoms with van der Waals surface area (Å²) in [5.74, 6) is -1.39. The van der Waals surface area contributed by atoms with Gasteiger partial charge in [0, 0.05) is 31.4 Å². The van der Waals surface area contributed by atoms with Crippen LogP contribution in [0.25, 0.3) is 0 Å². The molecule has 1 aliphatic heterocycles. The van der Waals surface area contributed by atoms with Crippen LogP contribution in [0.2, 0.25) is 0 Å². The third kappa shape index (κ3) is 6.40. The molecule has 33 heavy (non-hydrogen) atoms. The minimum Gasteiger partial charge on any atom is -0.493 e. The topological polar surface area (TPSA) is 129 Å². The summed E-state index contributed by atoms with van der Waals surface area (Å²) >= 11 is 0. The first kappa shape index (κ1) is 24.0. The molecule has 1 fully saturated rings. The van der Waals surface area contributed by atoms with Crippen LogP contribution in [-0.4, -0.2) is 68.8 Å². The molecule has 1 amide bonds. The second-order valence-corrected chi connectivity index (χ2v) is 7.19. The number of anilines is 1. The van der Waals surface area contributed by atoms with E-state index in [0.717, 1.165) is 50.5 Å². The Labute approximate surface area is 190 Å². The number of rotatable bonds is 9. The first-order chi connectivity index (χ1) is 15.9. The molecule has 1 N–H and O–H groups in total. The molecule has 0 radical (unpaired) electrons. The molecular weight excluding hydrogens is 434 g/mol. The molecule has 0 saturated carbocycles. The van der Waals surface area contributed by atoms with Crippen molar-refractivity contribution in [3.63, 3.8) is 0 Å². The van der Waals surface area contributed by atoms with Gasteiger partial charge in [-0.05, 0) is 17.7 Å². The van der Waals surface area contributed by atoms with Gasteiger partial charge in [-0.25, -0.2) is 4.79 Å². The molecule has 11 heteroatoms. The van der Waals surface area contributed by atoms with Gasteiger partial charge in [0.05, 0.1) is 38.4 Å². The van der Waals surface area contributed by atoms with Crippen LogP contribution < -0.4 is 14.8 Å². The molecule has 3 rings (SSSR count). The lowest BCUT2D eigenvalue weighted by Crippen LogP contribution is -2.35. The minimum absolute atomic E-state index is 0.0931. The Kier molecular flexibility index (Phi) is 8.17. The Bertz CT molecular complexity index is 1000. The molecule has 1 aliphatic rings. The van der Waals surface area contributed by atoms with Crippen molar-refractivity contribution in [1.82, 2.24) is 4.90 Å². The highest BCUT2D eigenvalue weighted by Gasteiger charge is 2.26. The van der Waals surface area contributed by atoms with Crippen LogP contribution in [0.15, 0.2) is 36.4 Å². The van der Waals surface area contributed by atoms with E-state index in [1.165, 1.54) is 14.2 Å². The summed E-state index contributed by atoms with van der Waals surface area (Å²) in [6, 6.07) is 9.54. The van der Waals surface area contributed by atoms with Crippen molar-refractivity contribution in [3.8, 4) is 11.5 Å². The van der Waals surface area contributed by atoms with E-state index in [0.29, 0.717) is 5.69 Å². The fourth-order valence-electron chi connectivity index (χ4n) is 3.30. The van der Waals surface area contributed by atoms with E-state index < -0.39 is 29.1 Å². The molecular formula is C22H25N3O8. The summed E-state index contributed by atoms with van der Waals surface area (Å²) in [5.41, 5.74) is 0.771. The molecule has 176 valence electrons. The molecule has 0 spiro atoms. The SMILES string of the molecule is COc1cc(C(=O)OCC(=O)Nc2ccc(CN3CCOCC3)cc2)c([N+](=O)[O-])cc1OC. The van der Waals surface area contributed by atoms with Gasteiger partial charge in [0.25, 0.3) is 11.6 Å². The lowest BCUT2D eigenvalue weighted by molar-refractivity contribution is -0.385. The van der Waals surface area contributed by atoms with E-state index in [9.17, 15) is 19.7 Å². The van der Waals surface area contributed by atoms with Gasteiger partial charge in [0.1, 0.15) is 5.56 Å². The number of hydrogen-bond donors (Lipinski definition) is 1. The Balaban J connectivity index is 1.57. The van der Waals surface area contributed by atoms with Crippen molar-refractivity contribution in [2.45, 2.75) is 6.54 Å². The summed E-state index contributed by atoms with van der Waals surface area (Å²) in [6.07, 6.45) is 0. The normalized spacial score (nSPS) is 13.8. The largest absolute Gasteiger partial charge is 0.493 e. The second-order valence-electron chi connectivity index (χ2n) is 7.19. The van der Waals surface area contributed by atoms with Crippen molar-refractivity contribution >= 4 is 23.3 Å². The van der Waals surface area contributed by atoms with Crippen molar-refractivity contribution in [1.29, 1.82) is 0 Å². The van der Waals surface area contributed by atoms with Crippen LogP contribution in [0.3, 0.4) is 0 Å². The van der Waals surface area contributed by atoms with Crippen molar-refractivity contribution in [3.05, 3.63) is 57.6 Å². The summed E-state index contributed by atoms with van der Waals surface area (Å²) in [7, 11) is 2.65. The van der Waals surface area contributed by atoms with Gasteiger partial charge in [-0.1, -0.05) is 12.1 Å². The number of nitro benzene ring substituents is 1. The Morgan fingerprint density at radius 3 is 2.33 bits per heavy atom. The number of carbonyl (C=O) groups excluding carboxylic acids is 2. The lowest BCUT2D eigenvalue weighted by Gasteiger charge is -2.26. The molecule has 0 atom stereocenters. The highest BCUT2D eigenvalue weighted by atomic mass is 16.6. The van der Waals surface area contributed by atoms with Crippen molar-refractivity contribution in [2.24, 2.45) is 0 Å². The predicted molar refractivity (Wildman–Crippen MR) is 118 cm³/mol. The van der Waals surface area contributed by atoms with E-state index in [2.05, 4.69) is 10.2 Å². The molecule has 2 aromatic rings. The quantitative estimate of drug-likeness (QED) is 0.341. The first-order valence-corrected chi connectivity index (χ1v) is 10.2. The average molecular weight is 459 g/mol. The molecule has 0 aromatic heterocycles. The molecule has 1 saturated heterocycles. The summed E-state index contributed by atoms with van der Waals surface area (Å²) in [5, 5.41) is 14.0. The third-order valence-corrected chi connectivity index (χ3v) is 5.00. The van der Waals surface area contributed by atoms with Gasteiger partial charge in [0.2, 0.25) is 0 Å². The Morgan fingerprint density at radius 2 is 1.73 bits per heavy atom. The van der Waals surface area contributed by atoms with Crippen LogP contribution in [0.1, 0.15) is 15.9 Å². The molecule has 2 aromatic carbocycles. The van der Waals surface area contributed by atoms with Crippen molar-refractivity contribution < 1.29 is 33.5 Å². The number of methoxy groups -OCH3 is 2. The number of hydrogen-bond acceptors (Lipinski definition) is 9. The molecule has 0 unspecified atom stereocenters. The maximum Gasteiger partial charge on any atom is 0.345 e. The van der Waals surface area contributed by atoms with Gasteiger partial charge in [-0.2, -0.15) is 0 Å². The van der Waals surface area contributed by atoms with Gasteiger partial charge < -0.3 is 24.3 Å². The van der Waals surface area contributed by atoms with Crippen molar-refractivity contribution in [2.75, 3.05) is 52.4 Å². The smallest absolute Gasteiger partial charge is 0.345 e. The highest BCUT2D eigenvalue weighted by molar-refractivity contribution is 5.98. The summed E-state index contributed by atoms with van der Waals surface area (Å²) in [4.78, 5) is 37.5. The number of morpholine rings is 1. The molecule has 0 bridgehead atoms. The van der Waals surface area contributed by atoms with E-state index in [1.54, 1.807) is 12.1 Å². The van der Waals surface area contributed by atoms with Crippen LogP contribution in [0.5, 0.6) is 11.5 Å². The first-order valence-electron chi connectivity index (χ1n) is 10.2. The number of ether oxygens (including phenoxy) is 4. The van der Waals surface area contributed by atoms with Crippen LogP contribution in [0, 0.1) is 10.1 Å². The van der Waals surface area contributed by atoms with Gasteiger partial charge in [0.15, 0.2) is 18.1 Å². The number of nitro groups is 1. The fraction of sp³-hybridized carbons (Fsp3) is 0.364. The Morgan fingerprint density at radius 1 is 1.09 bits per heavy atom. The zero-order valence-corrected chi connectivity index (χ0v) is 18.4. The summed E-state index contributed by atoms with van der Waals surface area (Å²) in [6.45, 7) is 3.38. The average Bonchev–Trinajstić information content (AvgIpc) is 2.83. The minimum atomic E-state index is -1.03. The zero-order chi connectivity index (χ0) is 23.8. The second kappa shape index (κ2) is 11.2. The third-order valence-electron chi connectivity index (χ3n) is 5.00. The van der Waals surface area contributed by atoms with Gasteiger partial charge in [-0.3, -0.25) is 19.8 Å². The van der Waals surface area contributed by atoms with E-state index in [-0.39, 0.29) is 17.1 Å². The molecule has 11 nitrogen and oxygen atoms in total.